The Morgan fingerprint density at radius 2 is 1.72 bits per heavy atom. The first-order chi connectivity index (χ1) is 8.16. The van der Waals surface area contributed by atoms with Crippen LogP contribution in [0.15, 0.2) is 29.2 Å². The summed E-state index contributed by atoms with van der Waals surface area (Å²) in [7, 11) is -3.46. The highest BCUT2D eigenvalue weighted by atomic mass is 32.2. The van der Waals surface area contributed by atoms with Crippen molar-refractivity contribution in [3.63, 3.8) is 0 Å². The molecule has 1 unspecified atom stereocenters. The van der Waals surface area contributed by atoms with E-state index in [2.05, 4.69) is 25.5 Å². The lowest BCUT2D eigenvalue weighted by atomic mass is 9.87. The summed E-state index contributed by atoms with van der Waals surface area (Å²) in [5.74, 6) is 0. The van der Waals surface area contributed by atoms with Crippen LogP contribution in [0.4, 0.5) is 0 Å². The molecule has 0 saturated carbocycles. The first-order valence-electron chi connectivity index (χ1n) is 6.00. The highest BCUT2D eigenvalue weighted by Gasteiger charge is 2.18. The molecule has 0 aliphatic rings. The maximum atomic E-state index is 12.0. The molecular weight excluding hydrogens is 248 g/mol. The van der Waals surface area contributed by atoms with E-state index in [0.717, 1.165) is 5.56 Å². The number of sulfonamides is 1. The molecule has 0 bridgehead atoms. The third-order valence-electron chi connectivity index (χ3n) is 2.74. The maximum Gasteiger partial charge on any atom is 0.240 e. The van der Waals surface area contributed by atoms with Crippen molar-refractivity contribution in [1.82, 2.24) is 4.72 Å². The lowest BCUT2D eigenvalue weighted by Gasteiger charge is -2.19. The lowest BCUT2D eigenvalue weighted by Crippen LogP contribution is -2.37. The van der Waals surface area contributed by atoms with E-state index in [4.69, 9.17) is 5.73 Å². The van der Waals surface area contributed by atoms with Gasteiger partial charge in [-0.25, -0.2) is 13.1 Å². The molecule has 0 aliphatic carbocycles. The SMILES string of the molecule is CC(CN)NS(=O)(=O)c1ccc(C(C)(C)C)cc1. The summed E-state index contributed by atoms with van der Waals surface area (Å²) in [6.45, 7) is 8.28. The topological polar surface area (TPSA) is 72.2 Å². The van der Waals surface area contributed by atoms with Gasteiger partial charge in [-0.2, -0.15) is 0 Å². The van der Waals surface area contributed by atoms with E-state index >= 15 is 0 Å². The van der Waals surface area contributed by atoms with Gasteiger partial charge in [-0.15, -0.1) is 0 Å². The number of hydrogen-bond acceptors (Lipinski definition) is 3. The standard InChI is InChI=1S/C13H22N2O2S/c1-10(9-14)15-18(16,17)12-7-5-11(6-8-12)13(2,3)4/h5-8,10,15H,9,14H2,1-4H3. The Morgan fingerprint density at radius 3 is 2.11 bits per heavy atom. The molecule has 1 rings (SSSR count). The Bertz CT molecular complexity index is 487. The van der Waals surface area contributed by atoms with Crippen molar-refractivity contribution in [2.45, 2.75) is 44.0 Å². The van der Waals surface area contributed by atoms with Crippen molar-refractivity contribution in [1.29, 1.82) is 0 Å². The first-order valence-corrected chi connectivity index (χ1v) is 7.48. The minimum absolute atomic E-state index is 0.0142. The fourth-order valence-electron chi connectivity index (χ4n) is 1.52. The largest absolute Gasteiger partial charge is 0.329 e. The van der Waals surface area contributed by atoms with Gasteiger partial charge in [0, 0.05) is 12.6 Å². The second-order valence-electron chi connectivity index (χ2n) is 5.53. The zero-order valence-corrected chi connectivity index (χ0v) is 12.2. The summed E-state index contributed by atoms with van der Waals surface area (Å²) in [5, 5.41) is 0. The second-order valence-corrected chi connectivity index (χ2v) is 7.25. The predicted molar refractivity (Wildman–Crippen MR) is 74.0 cm³/mol. The molecule has 0 aliphatic heterocycles. The average Bonchev–Trinajstić information content (AvgIpc) is 2.27. The zero-order chi connectivity index (χ0) is 14.0. The molecular formula is C13H22N2O2S. The Labute approximate surface area is 110 Å². The summed E-state index contributed by atoms with van der Waals surface area (Å²) in [5.41, 5.74) is 6.53. The molecule has 3 N–H and O–H groups in total. The number of hydrogen-bond donors (Lipinski definition) is 2. The molecule has 0 saturated heterocycles. The Balaban J connectivity index is 2.98. The Kier molecular flexibility index (Phi) is 4.53. The molecule has 102 valence electrons. The summed E-state index contributed by atoms with van der Waals surface area (Å²) in [6, 6.07) is 6.69. The fourth-order valence-corrected chi connectivity index (χ4v) is 2.77. The number of benzene rings is 1. The van der Waals surface area contributed by atoms with Gasteiger partial charge in [0.15, 0.2) is 0 Å². The zero-order valence-electron chi connectivity index (χ0n) is 11.4. The normalized spacial score (nSPS) is 14.5. The van der Waals surface area contributed by atoms with E-state index in [1.165, 1.54) is 0 Å². The van der Waals surface area contributed by atoms with Crippen LogP contribution in [0.1, 0.15) is 33.3 Å². The average molecular weight is 270 g/mol. The van der Waals surface area contributed by atoms with Gasteiger partial charge >= 0.3 is 0 Å². The molecule has 5 heteroatoms. The third-order valence-corrected chi connectivity index (χ3v) is 4.35. The van der Waals surface area contributed by atoms with Crippen molar-refractivity contribution in [2.75, 3.05) is 6.54 Å². The van der Waals surface area contributed by atoms with Gasteiger partial charge in [-0.3, -0.25) is 0 Å². The monoisotopic (exact) mass is 270 g/mol. The van der Waals surface area contributed by atoms with Crippen molar-refractivity contribution in [3.05, 3.63) is 29.8 Å². The van der Waals surface area contributed by atoms with E-state index in [-0.39, 0.29) is 22.9 Å². The summed E-state index contributed by atoms with van der Waals surface area (Å²) in [4.78, 5) is 0.274. The highest BCUT2D eigenvalue weighted by molar-refractivity contribution is 7.89. The highest BCUT2D eigenvalue weighted by Crippen LogP contribution is 2.23. The minimum atomic E-state index is -3.46. The van der Waals surface area contributed by atoms with E-state index in [1.54, 1.807) is 19.1 Å². The molecule has 18 heavy (non-hydrogen) atoms. The molecule has 1 aromatic rings. The molecule has 4 nitrogen and oxygen atoms in total. The van der Waals surface area contributed by atoms with Crippen molar-refractivity contribution in [3.8, 4) is 0 Å². The van der Waals surface area contributed by atoms with Gasteiger partial charge in [0.1, 0.15) is 0 Å². The molecule has 1 aromatic carbocycles. The summed E-state index contributed by atoms with van der Waals surface area (Å²) < 4.78 is 26.5. The van der Waals surface area contributed by atoms with Crippen LogP contribution >= 0.6 is 0 Å². The van der Waals surface area contributed by atoms with Crippen molar-refractivity contribution < 1.29 is 8.42 Å². The van der Waals surface area contributed by atoms with Crippen LogP contribution < -0.4 is 10.5 Å². The van der Waals surface area contributed by atoms with Crippen LogP contribution in [-0.2, 0) is 15.4 Å². The Morgan fingerprint density at radius 1 is 1.22 bits per heavy atom. The molecule has 0 amide bonds. The van der Waals surface area contributed by atoms with E-state index in [1.807, 2.05) is 12.1 Å². The van der Waals surface area contributed by atoms with Crippen LogP contribution in [-0.4, -0.2) is 21.0 Å². The van der Waals surface area contributed by atoms with Crippen LogP contribution in [0.5, 0.6) is 0 Å². The number of rotatable bonds is 4. The minimum Gasteiger partial charge on any atom is -0.329 e. The smallest absolute Gasteiger partial charge is 0.240 e. The summed E-state index contributed by atoms with van der Waals surface area (Å²) in [6.07, 6.45) is 0. The summed E-state index contributed by atoms with van der Waals surface area (Å²) >= 11 is 0. The molecule has 0 spiro atoms. The lowest BCUT2D eigenvalue weighted by molar-refractivity contribution is 0.561. The van der Waals surface area contributed by atoms with Gasteiger partial charge in [0.2, 0.25) is 10.0 Å². The molecule has 0 fully saturated rings. The fraction of sp³-hybridized carbons (Fsp3) is 0.538. The Hall–Kier alpha value is -0.910. The van der Waals surface area contributed by atoms with Crippen molar-refractivity contribution >= 4 is 10.0 Å². The van der Waals surface area contributed by atoms with Crippen LogP contribution in [0.2, 0.25) is 0 Å². The van der Waals surface area contributed by atoms with Crippen LogP contribution in [0, 0.1) is 0 Å². The quantitative estimate of drug-likeness (QED) is 0.873. The van der Waals surface area contributed by atoms with E-state index < -0.39 is 10.0 Å². The van der Waals surface area contributed by atoms with Gasteiger partial charge in [-0.05, 0) is 30.0 Å². The molecule has 0 radical (unpaired) electrons. The second kappa shape index (κ2) is 5.38. The van der Waals surface area contributed by atoms with E-state index in [0.29, 0.717) is 0 Å². The van der Waals surface area contributed by atoms with Crippen molar-refractivity contribution in [2.24, 2.45) is 5.73 Å². The predicted octanol–water partition coefficient (Wildman–Crippen LogP) is 1.61. The van der Waals surface area contributed by atoms with Gasteiger partial charge in [0.05, 0.1) is 4.90 Å². The maximum absolute atomic E-state index is 12.0. The molecule has 0 aromatic heterocycles. The third kappa shape index (κ3) is 3.80. The van der Waals surface area contributed by atoms with Crippen LogP contribution in [0.25, 0.3) is 0 Å². The van der Waals surface area contributed by atoms with Crippen LogP contribution in [0.3, 0.4) is 0 Å². The number of nitrogens with two attached hydrogens (primary N) is 1. The van der Waals surface area contributed by atoms with Gasteiger partial charge in [0.25, 0.3) is 0 Å². The number of nitrogens with one attached hydrogen (secondary N) is 1. The van der Waals surface area contributed by atoms with Gasteiger partial charge < -0.3 is 5.73 Å². The first kappa shape index (κ1) is 15.1. The molecule has 0 heterocycles. The molecule has 1 atom stereocenters. The van der Waals surface area contributed by atoms with Gasteiger partial charge in [-0.1, -0.05) is 32.9 Å². The van der Waals surface area contributed by atoms with E-state index in [9.17, 15) is 8.42 Å².